The molecular formula is C21H23N3O2. The van der Waals surface area contributed by atoms with Crippen molar-refractivity contribution in [2.75, 3.05) is 11.9 Å². The van der Waals surface area contributed by atoms with Crippen molar-refractivity contribution in [1.82, 2.24) is 4.57 Å². The van der Waals surface area contributed by atoms with E-state index < -0.39 is 5.91 Å². The molecule has 0 unspecified atom stereocenters. The Morgan fingerprint density at radius 1 is 1.35 bits per heavy atom. The average Bonchev–Trinajstić information content (AvgIpc) is 2.87. The fourth-order valence-corrected chi connectivity index (χ4v) is 3.69. The van der Waals surface area contributed by atoms with Crippen LogP contribution in [0.1, 0.15) is 52.4 Å². The van der Waals surface area contributed by atoms with Gasteiger partial charge in [-0.2, -0.15) is 0 Å². The predicted octanol–water partition coefficient (Wildman–Crippen LogP) is 3.08. The van der Waals surface area contributed by atoms with E-state index in [-0.39, 0.29) is 17.7 Å². The molecule has 0 atom stereocenters. The van der Waals surface area contributed by atoms with Crippen LogP contribution in [0.15, 0.2) is 24.3 Å². The van der Waals surface area contributed by atoms with Crippen LogP contribution in [0, 0.1) is 24.7 Å². The number of nitrogens with zero attached hydrogens (tertiary/aromatic N) is 1. The number of anilines is 1. The van der Waals surface area contributed by atoms with Crippen LogP contribution in [0.5, 0.6) is 0 Å². The molecule has 3 N–H and O–H groups in total. The van der Waals surface area contributed by atoms with E-state index in [1.807, 2.05) is 25.1 Å². The molecule has 5 nitrogen and oxygen atoms in total. The largest absolute Gasteiger partial charge is 0.373 e. The first-order chi connectivity index (χ1) is 12.2. The number of terminal acetylenes is 1. The van der Waals surface area contributed by atoms with Crippen molar-refractivity contribution in [2.24, 2.45) is 11.1 Å². The predicted molar refractivity (Wildman–Crippen MR) is 103 cm³/mol. The molecule has 0 bridgehead atoms. The molecule has 5 heteroatoms. The van der Waals surface area contributed by atoms with Crippen LogP contribution in [-0.2, 0) is 6.42 Å². The third-order valence-electron chi connectivity index (χ3n) is 4.78. The van der Waals surface area contributed by atoms with Gasteiger partial charge in [0, 0.05) is 34.7 Å². The number of hydrogen-bond acceptors (Lipinski definition) is 3. The van der Waals surface area contributed by atoms with Gasteiger partial charge in [0.05, 0.1) is 12.1 Å². The molecule has 0 aliphatic heterocycles. The summed E-state index contributed by atoms with van der Waals surface area (Å²) in [5.74, 6) is 2.16. The van der Waals surface area contributed by atoms with Gasteiger partial charge in [-0.3, -0.25) is 9.59 Å². The highest BCUT2D eigenvalue weighted by Crippen LogP contribution is 2.38. The Morgan fingerprint density at radius 2 is 2.08 bits per heavy atom. The van der Waals surface area contributed by atoms with Gasteiger partial charge in [0.1, 0.15) is 0 Å². The van der Waals surface area contributed by atoms with Gasteiger partial charge >= 0.3 is 0 Å². The maximum absolute atomic E-state index is 12.5. The van der Waals surface area contributed by atoms with Crippen molar-refractivity contribution in [3.8, 4) is 18.0 Å². The number of amides is 1. The molecule has 26 heavy (non-hydrogen) atoms. The van der Waals surface area contributed by atoms with Crippen molar-refractivity contribution < 1.29 is 9.59 Å². The lowest BCUT2D eigenvalue weighted by atomic mass is 9.76. The highest BCUT2D eigenvalue weighted by molar-refractivity contribution is 6.00. The van der Waals surface area contributed by atoms with Crippen LogP contribution in [0.2, 0.25) is 0 Å². The Labute approximate surface area is 153 Å². The van der Waals surface area contributed by atoms with Gasteiger partial charge in [0.2, 0.25) is 0 Å². The Bertz CT molecular complexity index is 945. The summed E-state index contributed by atoms with van der Waals surface area (Å²) in [6.45, 7) is 6.49. The number of primary amides is 1. The lowest BCUT2D eigenvalue weighted by molar-refractivity contribution is 0.0910. The summed E-state index contributed by atoms with van der Waals surface area (Å²) in [5, 5.41) is 3.05. The normalized spacial score (nSPS) is 15.2. The van der Waals surface area contributed by atoms with Crippen LogP contribution >= 0.6 is 0 Å². The fraction of sp³-hybridized carbons (Fsp3) is 0.333. The van der Waals surface area contributed by atoms with Crippen LogP contribution in [0.4, 0.5) is 5.69 Å². The third-order valence-corrected chi connectivity index (χ3v) is 4.78. The zero-order valence-electron chi connectivity index (χ0n) is 15.3. The van der Waals surface area contributed by atoms with Gasteiger partial charge in [-0.05, 0) is 43.0 Å². The summed E-state index contributed by atoms with van der Waals surface area (Å²) in [6, 6.07) is 7.35. The number of carbonyl (C=O) groups excluding carboxylic acids is 2. The number of aromatic nitrogens is 1. The van der Waals surface area contributed by atoms with Crippen LogP contribution in [-0.4, -0.2) is 22.8 Å². The molecule has 3 rings (SSSR count). The summed E-state index contributed by atoms with van der Waals surface area (Å²) in [7, 11) is 0. The van der Waals surface area contributed by atoms with Crippen LogP contribution < -0.4 is 11.1 Å². The smallest absolute Gasteiger partial charge is 0.250 e. The zero-order valence-corrected chi connectivity index (χ0v) is 15.3. The van der Waals surface area contributed by atoms with E-state index in [2.05, 4.69) is 29.7 Å². The second-order valence-corrected chi connectivity index (χ2v) is 7.57. The number of Topliss-reactive ketones (excluding diaryl/α,β-unsaturated/α-hetero) is 1. The Balaban J connectivity index is 2.15. The van der Waals surface area contributed by atoms with E-state index >= 15 is 0 Å². The van der Waals surface area contributed by atoms with Crippen molar-refractivity contribution in [2.45, 2.75) is 33.6 Å². The molecule has 0 fully saturated rings. The maximum Gasteiger partial charge on any atom is 0.250 e. The number of benzene rings is 1. The standard InChI is InChI=1S/C21H23N3O2/c1-5-8-23-17-10-14(6-7-15(17)20(22)26)24-13(2)9-16-18(24)11-21(3,4)12-19(16)25/h1,6-7,9-10,23H,8,11-12H2,2-4H3,(H2,22,26). The number of hydrogen-bond donors (Lipinski definition) is 2. The SMILES string of the molecule is C#CCNc1cc(-n2c(C)cc3c2CC(C)(C)CC3=O)ccc1C(N)=O. The maximum atomic E-state index is 12.5. The molecule has 0 saturated heterocycles. The highest BCUT2D eigenvalue weighted by Gasteiger charge is 2.34. The summed E-state index contributed by atoms with van der Waals surface area (Å²) < 4.78 is 2.08. The highest BCUT2D eigenvalue weighted by atomic mass is 16.1. The molecule has 1 aromatic carbocycles. The summed E-state index contributed by atoms with van der Waals surface area (Å²) in [4.78, 5) is 24.2. The minimum atomic E-state index is -0.515. The van der Waals surface area contributed by atoms with Gasteiger partial charge in [-0.15, -0.1) is 6.42 Å². The molecule has 0 saturated carbocycles. The molecule has 0 radical (unpaired) electrons. The van der Waals surface area contributed by atoms with E-state index in [1.54, 1.807) is 6.07 Å². The van der Waals surface area contributed by atoms with E-state index in [0.717, 1.165) is 29.1 Å². The number of fused-ring (bicyclic) bond motifs is 1. The number of rotatable bonds is 4. The first kappa shape index (κ1) is 17.8. The van der Waals surface area contributed by atoms with E-state index in [1.165, 1.54) is 0 Å². The Morgan fingerprint density at radius 3 is 2.73 bits per heavy atom. The van der Waals surface area contributed by atoms with Crippen molar-refractivity contribution >= 4 is 17.4 Å². The number of aryl methyl sites for hydroxylation is 1. The van der Waals surface area contributed by atoms with Gasteiger partial charge < -0.3 is 15.6 Å². The lowest BCUT2D eigenvalue weighted by Gasteiger charge is -2.30. The van der Waals surface area contributed by atoms with E-state index in [4.69, 9.17) is 12.2 Å². The quantitative estimate of drug-likeness (QED) is 0.833. The molecule has 1 aliphatic rings. The van der Waals surface area contributed by atoms with E-state index in [0.29, 0.717) is 17.7 Å². The van der Waals surface area contributed by atoms with Crippen molar-refractivity contribution in [3.63, 3.8) is 0 Å². The van der Waals surface area contributed by atoms with Crippen LogP contribution in [0.25, 0.3) is 5.69 Å². The second-order valence-electron chi connectivity index (χ2n) is 7.57. The lowest BCUT2D eigenvalue weighted by Crippen LogP contribution is -2.27. The number of nitrogens with one attached hydrogen (secondary N) is 1. The Hall–Kier alpha value is -3.00. The molecular weight excluding hydrogens is 326 g/mol. The zero-order chi connectivity index (χ0) is 19.1. The monoisotopic (exact) mass is 349 g/mol. The first-order valence-corrected chi connectivity index (χ1v) is 8.59. The van der Waals surface area contributed by atoms with Crippen molar-refractivity contribution in [3.05, 3.63) is 46.8 Å². The molecule has 134 valence electrons. The number of ketones is 1. The average molecular weight is 349 g/mol. The first-order valence-electron chi connectivity index (χ1n) is 8.59. The summed E-state index contributed by atoms with van der Waals surface area (Å²) >= 11 is 0. The molecule has 2 aromatic rings. The number of nitrogens with two attached hydrogens (primary N) is 1. The molecule has 1 aliphatic carbocycles. The van der Waals surface area contributed by atoms with Crippen molar-refractivity contribution in [1.29, 1.82) is 0 Å². The summed E-state index contributed by atoms with van der Waals surface area (Å²) in [5.41, 5.74) is 10.0. The molecule has 0 spiro atoms. The fourth-order valence-electron chi connectivity index (χ4n) is 3.69. The minimum absolute atomic E-state index is 0.0790. The van der Waals surface area contributed by atoms with Gasteiger partial charge in [0.25, 0.3) is 5.91 Å². The van der Waals surface area contributed by atoms with Gasteiger partial charge in [-0.25, -0.2) is 0 Å². The summed E-state index contributed by atoms with van der Waals surface area (Å²) in [6.07, 6.45) is 6.69. The van der Waals surface area contributed by atoms with E-state index in [9.17, 15) is 9.59 Å². The topological polar surface area (TPSA) is 77.1 Å². The van der Waals surface area contributed by atoms with Gasteiger partial charge in [0.15, 0.2) is 5.78 Å². The molecule has 1 amide bonds. The minimum Gasteiger partial charge on any atom is -0.373 e. The second kappa shape index (κ2) is 6.38. The Kier molecular flexibility index (Phi) is 4.37. The van der Waals surface area contributed by atoms with Gasteiger partial charge in [-0.1, -0.05) is 19.8 Å². The third kappa shape index (κ3) is 3.11. The number of carbonyl (C=O) groups is 2. The molecule has 1 aromatic heterocycles. The molecule has 1 heterocycles. The van der Waals surface area contributed by atoms with Crippen LogP contribution in [0.3, 0.4) is 0 Å².